The van der Waals surface area contributed by atoms with Gasteiger partial charge in [0.05, 0.1) is 6.04 Å². The molecule has 0 saturated carbocycles. The minimum atomic E-state index is -0.121. The maximum absolute atomic E-state index is 10.8. The molecule has 11 heavy (non-hydrogen) atoms. The molecule has 0 aromatic carbocycles. The Kier molecular flexibility index (Phi) is 1.31. The fraction of sp³-hybridized carbons (Fsp3) is 0.286. The topological polar surface area (TPSA) is 53.2 Å². The van der Waals surface area contributed by atoms with E-state index in [-0.39, 0.29) is 12.1 Å². The van der Waals surface area contributed by atoms with Crippen LogP contribution in [0, 0.1) is 0 Å². The molecule has 2 aliphatic heterocycles. The van der Waals surface area contributed by atoms with Gasteiger partial charge in [-0.05, 0) is 18.4 Å². The van der Waals surface area contributed by atoms with Gasteiger partial charge in [0.15, 0.2) is 0 Å². The molecule has 4 nitrogen and oxygen atoms in total. The van der Waals surface area contributed by atoms with E-state index in [4.69, 9.17) is 0 Å². The van der Waals surface area contributed by atoms with Gasteiger partial charge in [0.25, 0.3) is 0 Å². The van der Waals surface area contributed by atoms with Crippen LogP contribution in [0.3, 0.4) is 0 Å². The van der Waals surface area contributed by atoms with E-state index in [0.717, 1.165) is 5.70 Å². The molecule has 58 valence electrons. The summed E-state index contributed by atoms with van der Waals surface area (Å²) in [4.78, 5) is 10.8. The first-order valence-corrected chi connectivity index (χ1v) is 3.54. The number of dihydropyridines is 1. The summed E-state index contributed by atoms with van der Waals surface area (Å²) in [5.74, 6) is 0. The van der Waals surface area contributed by atoms with Crippen LogP contribution < -0.4 is 16.0 Å². The van der Waals surface area contributed by atoms with E-state index < -0.39 is 0 Å². The highest BCUT2D eigenvalue weighted by molar-refractivity contribution is 5.77. The number of carbonyl (C=O) groups excluding carboxylic acids is 1. The molecule has 4 heteroatoms. The molecule has 1 fully saturated rings. The van der Waals surface area contributed by atoms with Gasteiger partial charge in [0.2, 0.25) is 0 Å². The van der Waals surface area contributed by atoms with Crippen LogP contribution >= 0.6 is 0 Å². The van der Waals surface area contributed by atoms with Crippen molar-refractivity contribution in [2.75, 3.05) is 6.54 Å². The summed E-state index contributed by atoms with van der Waals surface area (Å²) in [6, 6.07) is 0.0994. The van der Waals surface area contributed by atoms with Gasteiger partial charge in [-0.25, -0.2) is 4.79 Å². The van der Waals surface area contributed by atoms with Crippen LogP contribution in [0.2, 0.25) is 0 Å². The highest BCUT2D eigenvalue weighted by atomic mass is 16.2. The van der Waals surface area contributed by atoms with E-state index in [1.54, 1.807) is 0 Å². The molecule has 1 atom stereocenters. The van der Waals surface area contributed by atoms with E-state index in [2.05, 4.69) is 16.0 Å². The lowest BCUT2D eigenvalue weighted by molar-refractivity contribution is 0.237. The molecule has 3 N–H and O–H groups in total. The van der Waals surface area contributed by atoms with Crippen LogP contribution in [0.1, 0.15) is 0 Å². The number of urea groups is 1. The van der Waals surface area contributed by atoms with Crippen LogP contribution in [0.4, 0.5) is 4.79 Å². The molecular weight excluding hydrogens is 142 g/mol. The van der Waals surface area contributed by atoms with Gasteiger partial charge in [-0.15, -0.1) is 0 Å². The number of carbonyl (C=O) groups is 1. The van der Waals surface area contributed by atoms with E-state index in [9.17, 15) is 4.79 Å². The zero-order valence-electron chi connectivity index (χ0n) is 5.92. The monoisotopic (exact) mass is 151 g/mol. The smallest absolute Gasteiger partial charge is 0.319 e. The Morgan fingerprint density at radius 2 is 2.45 bits per heavy atom. The largest absolute Gasteiger partial charge is 0.381 e. The van der Waals surface area contributed by atoms with E-state index in [1.165, 1.54) is 0 Å². The molecule has 2 heterocycles. The second-order valence-electron chi connectivity index (χ2n) is 2.54. The average Bonchev–Trinajstić information content (AvgIpc) is 2.04. The lowest BCUT2D eigenvalue weighted by Gasteiger charge is -2.28. The molecule has 0 aliphatic carbocycles. The van der Waals surface area contributed by atoms with Crippen molar-refractivity contribution < 1.29 is 4.79 Å². The summed E-state index contributed by atoms with van der Waals surface area (Å²) in [5.41, 5.74) is 0.941. The van der Waals surface area contributed by atoms with Crippen LogP contribution in [0.25, 0.3) is 0 Å². The number of hydrogen-bond acceptors (Lipinski definition) is 2. The fourth-order valence-corrected chi connectivity index (χ4v) is 1.20. The normalized spacial score (nSPS) is 27.5. The minimum Gasteiger partial charge on any atom is -0.381 e. The van der Waals surface area contributed by atoms with Gasteiger partial charge >= 0.3 is 6.03 Å². The molecule has 0 spiro atoms. The van der Waals surface area contributed by atoms with Gasteiger partial charge in [0.1, 0.15) is 0 Å². The van der Waals surface area contributed by atoms with Crippen molar-refractivity contribution in [3.63, 3.8) is 0 Å². The average molecular weight is 151 g/mol. The Balaban J connectivity index is 2.18. The third-order valence-electron chi connectivity index (χ3n) is 1.77. The molecule has 0 radical (unpaired) electrons. The predicted octanol–water partition coefficient (Wildman–Crippen LogP) is -0.331. The molecule has 2 aliphatic rings. The summed E-state index contributed by atoms with van der Waals surface area (Å²) in [6.45, 7) is 0.655. The summed E-state index contributed by atoms with van der Waals surface area (Å²) in [6.07, 6.45) is 5.64. The van der Waals surface area contributed by atoms with Crippen molar-refractivity contribution in [2.45, 2.75) is 6.04 Å². The molecular formula is C7H9N3O. The van der Waals surface area contributed by atoms with Gasteiger partial charge in [-0.2, -0.15) is 0 Å². The van der Waals surface area contributed by atoms with Crippen molar-refractivity contribution in [3.05, 3.63) is 24.0 Å². The lowest BCUT2D eigenvalue weighted by Crippen LogP contribution is -2.54. The second kappa shape index (κ2) is 2.30. The SMILES string of the molecule is O=C1NCC2NC=CC=C2N1. The third-order valence-corrected chi connectivity index (χ3v) is 1.77. The van der Waals surface area contributed by atoms with Gasteiger partial charge in [-0.1, -0.05) is 0 Å². The lowest BCUT2D eigenvalue weighted by atomic mass is 10.1. The van der Waals surface area contributed by atoms with Crippen molar-refractivity contribution in [2.24, 2.45) is 0 Å². The molecule has 0 aromatic heterocycles. The first-order chi connectivity index (χ1) is 5.36. The molecule has 0 aromatic rings. The van der Waals surface area contributed by atoms with Gasteiger partial charge < -0.3 is 16.0 Å². The number of amides is 2. The van der Waals surface area contributed by atoms with Crippen LogP contribution in [-0.2, 0) is 0 Å². The van der Waals surface area contributed by atoms with Crippen LogP contribution in [-0.4, -0.2) is 18.6 Å². The molecule has 2 rings (SSSR count). The van der Waals surface area contributed by atoms with Crippen molar-refractivity contribution in [1.29, 1.82) is 0 Å². The zero-order chi connectivity index (χ0) is 7.68. The highest BCUT2D eigenvalue weighted by Gasteiger charge is 2.21. The van der Waals surface area contributed by atoms with E-state index >= 15 is 0 Å². The Hall–Kier alpha value is -1.45. The number of hydrogen-bond donors (Lipinski definition) is 3. The van der Waals surface area contributed by atoms with Gasteiger partial charge in [-0.3, -0.25) is 0 Å². The van der Waals surface area contributed by atoms with Crippen molar-refractivity contribution in [1.82, 2.24) is 16.0 Å². The Labute approximate surface area is 64.3 Å². The molecule has 1 saturated heterocycles. The molecule has 1 unspecified atom stereocenters. The van der Waals surface area contributed by atoms with Crippen molar-refractivity contribution >= 4 is 6.03 Å². The Morgan fingerprint density at radius 1 is 1.55 bits per heavy atom. The number of fused-ring (bicyclic) bond motifs is 1. The van der Waals surface area contributed by atoms with Crippen molar-refractivity contribution in [3.8, 4) is 0 Å². The summed E-state index contributed by atoms with van der Waals surface area (Å²) in [7, 11) is 0. The summed E-state index contributed by atoms with van der Waals surface area (Å²) < 4.78 is 0. The first-order valence-electron chi connectivity index (χ1n) is 3.54. The zero-order valence-corrected chi connectivity index (χ0v) is 5.92. The van der Waals surface area contributed by atoms with Crippen LogP contribution in [0.15, 0.2) is 24.0 Å². The molecule has 0 bridgehead atoms. The number of nitrogens with one attached hydrogen (secondary N) is 3. The molecule has 2 amide bonds. The summed E-state index contributed by atoms with van der Waals surface area (Å²) >= 11 is 0. The number of allylic oxidation sites excluding steroid dienone is 2. The Morgan fingerprint density at radius 3 is 3.36 bits per heavy atom. The van der Waals surface area contributed by atoms with E-state index in [0.29, 0.717) is 6.54 Å². The Bertz CT molecular complexity index is 244. The number of rotatable bonds is 0. The predicted molar refractivity (Wildman–Crippen MR) is 40.7 cm³/mol. The second-order valence-corrected chi connectivity index (χ2v) is 2.54. The van der Waals surface area contributed by atoms with E-state index in [1.807, 2.05) is 18.4 Å². The standard InChI is InChI=1S/C7H9N3O/c11-7-9-4-6-5(10-7)2-1-3-8-6/h1-3,6,8H,4H2,(H2,9,10,11). The maximum atomic E-state index is 10.8. The highest BCUT2D eigenvalue weighted by Crippen LogP contribution is 2.05. The maximum Gasteiger partial charge on any atom is 0.319 e. The van der Waals surface area contributed by atoms with Crippen LogP contribution in [0.5, 0.6) is 0 Å². The quantitative estimate of drug-likeness (QED) is 0.444. The minimum absolute atomic E-state index is 0.121. The third kappa shape index (κ3) is 1.07. The fourth-order valence-electron chi connectivity index (χ4n) is 1.20. The van der Waals surface area contributed by atoms with Gasteiger partial charge in [0, 0.05) is 12.2 Å². The summed E-state index contributed by atoms with van der Waals surface area (Å²) in [5, 5.41) is 8.53. The first kappa shape index (κ1) is 6.27.